The molecule has 1 aromatic carbocycles. The van der Waals surface area contributed by atoms with Crippen molar-refractivity contribution in [3.8, 4) is 5.75 Å². The Bertz CT molecular complexity index is 577. The van der Waals surface area contributed by atoms with E-state index in [0.29, 0.717) is 24.5 Å². The lowest BCUT2D eigenvalue weighted by molar-refractivity contribution is 0.0747. The van der Waals surface area contributed by atoms with Crippen molar-refractivity contribution < 1.29 is 9.53 Å². The molecular formula is C14H18N4O2. The summed E-state index contributed by atoms with van der Waals surface area (Å²) in [5.41, 5.74) is 7.43. The second-order valence-electron chi connectivity index (χ2n) is 4.37. The first-order chi connectivity index (χ1) is 9.65. The molecule has 3 N–H and O–H groups in total. The van der Waals surface area contributed by atoms with Crippen molar-refractivity contribution in [1.82, 2.24) is 15.1 Å². The number of aromatic nitrogens is 2. The molecule has 0 saturated carbocycles. The van der Waals surface area contributed by atoms with E-state index in [-0.39, 0.29) is 5.91 Å². The fourth-order valence-corrected chi connectivity index (χ4v) is 1.90. The minimum atomic E-state index is -0.154. The fraction of sp³-hybridized carbons (Fsp3) is 0.286. The van der Waals surface area contributed by atoms with E-state index in [1.54, 1.807) is 12.0 Å². The molecule has 1 heterocycles. The summed E-state index contributed by atoms with van der Waals surface area (Å²) in [5, 5.41) is 6.41. The minimum Gasteiger partial charge on any atom is -0.497 e. The highest BCUT2D eigenvalue weighted by atomic mass is 16.5. The van der Waals surface area contributed by atoms with Gasteiger partial charge in [0, 0.05) is 13.1 Å². The topological polar surface area (TPSA) is 84.2 Å². The first-order valence-electron chi connectivity index (χ1n) is 6.36. The summed E-state index contributed by atoms with van der Waals surface area (Å²) in [6, 6.07) is 7.62. The van der Waals surface area contributed by atoms with Gasteiger partial charge in [0.2, 0.25) is 0 Å². The molecule has 0 saturated heterocycles. The number of nitrogens with zero attached hydrogens (tertiary/aromatic N) is 2. The van der Waals surface area contributed by atoms with Gasteiger partial charge in [-0.05, 0) is 24.6 Å². The second kappa shape index (κ2) is 6.10. The van der Waals surface area contributed by atoms with Gasteiger partial charge in [-0.15, -0.1) is 0 Å². The molecule has 20 heavy (non-hydrogen) atoms. The Hall–Kier alpha value is -2.50. The van der Waals surface area contributed by atoms with Crippen molar-refractivity contribution in [2.75, 3.05) is 19.4 Å². The molecule has 0 unspecified atom stereocenters. The number of nitrogens with two attached hydrogens (primary N) is 1. The third kappa shape index (κ3) is 2.90. The van der Waals surface area contributed by atoms with Gasteiger partial charge in [0.1, 0.15) is 11.4 Å². The zero-order valence-electron chi connectivity index (χ0n) is 11.6. The standard InChI is InChI=1S/C14H18N4O2/c1-3-18(14(19)13-12(15)8-16-17-13)9-10-4-6-11(20-2)7-5-10/h4-8H,3,9,15H2,1-2H3,(H,16,17). The van der Waals surface area contributed by atoms with Crippen LogP contribution < -0.4 is 10.5 Å². The number of nitrogens with one attached hydrogen (secondary N) is 1. The molecule has 0 aliphatic carbocycles. The number of amides is 1. The van der Waals surface area contributed by atoms with Crippen molar-refractivity contribution in [3.63, 3.8) is 0 Å². The summed E-state index contributed by atoms with van der Waals surface area (Å²) in [5.74, 6) is 0.638. The zero-order chi connectivity index (χ0) is 14.5. The number of aromatic amines is 1. The van der Waals surface area contributed by atoms with Crippen LogP contribution in [0.3, 0.4) is 0 Å². The van der Waals surface area contributed by atoms with Gasteiger partial charge >= 0.3 is 0 Å². The van der Waals surface area contributed by atoms with Gasteiger partial charge in [0.05, 0.1) is 19.0 Å². The van der Waals surface area contributed by atoms with Crippen molar-refractivity contribution >= 4 is 11.6 Å². The zero-order valence-corrected chi connectivity index (χ0v) is 11.6. The number of rotatable bonds is 5. The van der Waals surface area contributed by atoms with Crippen LogP contribution in [0.25, 0.3) is 0 Å². The molecule has 1 aromatic heterocycles. The van der Waals surface area contributed by atoms with Gasteiger partial charge in [-0.3, -0.25) is 9.89 Å². The fourth-order valence-electron chi connectivity index (χ4n) is 1.90. The average Bonchev–Trinajstić information content (AvgIpc) is 2.91. The van der Waals surface area contributed by atoms with Gasteiger partial charge < -0.3 is 15.4 Å². The largest absolute Gasteiger partial charge is 0.497 e. The lowest BCUT2D eigenvalue weighted by Gasteiger charge is -2.20. The molecule has 2 rings (SSSR count). The molecule has 6 heteroatoms. The number of carbonyl (C=O) groups excluding carboxylic acids is 1. The van der Waals surface area contributed by atoms with Crippen LogP contribution in [0.5, 0.6) is 5.75 Å². The van der Waals surface area contributed by atoms with Gasteiger partial charge in [-0.1, -0.05) is 12.1 Å². The van der Waals surface area contributed by atoms with E-state index >= 15 is 0 Å². The van der Waals surface area contributed by atoms with Crippen molar-refractivity contribution in [2.24, 2.45) is 0 Å². The Kier molecular flexibility index (Phi) is 4.24. The number of H-pyrrole nitrogens is 1. The third-order valence-electron chi connectivity index (χ3n) is 3.08. The Morgan fingerprint density at radius 3 is 2.60 bits per heavy atom. The van der Waals surface area contributed by atoms with Crippen LogP contribution in [0.2, 0.25) is 0 Å². The van der Waals surface area contributed by atoms with Crippen LogP contribution in [0, 0.1) is 0 Å². The highest BCUT2D eigenvalue weighted by Crippen LogP contribution is 2.15. The normalized spacial score (nSPS) is 10.3. The lowest BCUT2D eigenvalue weighted by atomic mass is 10.2. The molecule has 0 aliphatic heterocycles. The number of nitrogen functional groups attached to an aromatic ring is 1. The van der Waals surface area contributed by atoms with Crippen molar-refractivity contribution in [2.45, 2.75) is 13.5 Å². The third-order valence-corrected chi connectivity index (χ3v) is 3.08. The first kappa shape index (κ1) is 13.9. The summed E-state index contributed by atoms with van der Waals surface area (Å²) in [6.07, 6.45) is 1.44. The number of carbonyl (C=O) groups is 1. The smallest absolute Gasteiger partial charge is 0.274 e. The molecule has 0 atom stereocenters. The molecule has 6 nitrogen and oxygen atoms in total. The highest BCUT2D eigenvalue weighted by Gasteiger charge is 2.18. The molecule has 0 radical (unpaired) electrons. The summed E-state index contributed by atoms with van der Waals surface area (Å²) in [7, 11) is 1.62. The monoisotopic (exact) mass is 274 g/mol. The maximum Gasteiger partial charge on any atom is 0.274 e. The predicted octanol–water partition coefficient (Wildman–Crippen LogP) is 1.66. The Morgan fingerprint density at radius 1 is 1.40 bits per heavy atom. The molecular weight excluding hydrogens is 256 g/mol. The highest BCUT2D eigenvalue weighted by molar-refractivity contribution is 5.96. The first-order valence-corrected chi connectivity index (χ1v) is 6.36. The van der Waals surface area contributed by atoms with E-state index in [1.807, 2.05) is 31.2 Å². The Labute approximate surface area is 117 Å². The number of benzene rings is 1. The van der Waals surface area contributed by atoms with E-state index in [0.717, 1.165) is 11.3 Å². The summed E-state index contributed by atoms with van der Waals surface area (Å²) in [6.45, 7) is 3.02. The van der Waals surface area contributed by atoms with Gasteiger partial charge in [0.15, 0.2) is 0 Å². The maximum absolute atomic E-state index is 12.3. The quantitative estimate of drug-likeness (QED) is 0.868. The average molecular weight is 274 g/mol. The number of hydrogen-bond donors (Lipinski definition) is 2. The Morgan fingerprint density at radius 2 is 2.10 bits per heavy atom. The Balaban J connectivity index is 2.12. The lowest BCUT2D eigenvalue weighted by Crippen LogP contribution is -2.31. The minimum absolute atomic E-state index is 0.154. The van der Waals surface area contributed by atoms with Gasteiger partial charge in [-0.25, -0.2) is 0 Å². The van der Waals surface area contributed by atoms with Crippen molar-refractivity contribution in [3.05, 3.63) is 41.7 Å². The van der Waals surface area contributed by atoms with Gasteiger partial charge in [-0.2, -0.15) is 5.10 Å². The summed E-state index contributed by atoms with van der Waals surface area (Å²) in [4.78, 5) is 14.0. The molecule has 1 amide bonds. The molecule has 0 spiro atoms. The number of methoxy groups -OCH3 is 1. The van der Waals surface area contributed by atoms with Crippen LogP contribution in [0.15, 0.2) is 30.5 Å². The SMILES string of the molecule is CCN(Cc1ccc(OC)cc1)C(=O)c1[nH]ncc1N. The molecule has 106 valence electrons. The van der Waals surface area contributed by atoms with Crippen LogP contribution in [-0.4, -0.2) is 34.7 Å². The molecule has 2 aromatic rings. The number of anilines is 1. The van der Waals surface area contributed by atoms with E-state index < -0.39 is 0 Å². The number of hydrogen-bond acceptors (Lipinski definition) is 4. The molecule has 0 aliphatic rings. The van der Waals surface area contributed by atoms with Crippen LogP contribution in [0.4, 0.5) is 5.69 Å². The van der Waals surface area contributed by atoms with Crippen LogP contribution in [0.1, 0.15) is 23.0 Å². The van der Waals surface area contributed by atoms with Crippen LogP contribution in [-0.2, 0) is 6.54 Å². The van der Waals surface area contributed by atoms with E-state index in [2.05, 4.69) is 10.2 Å². The number of ether oxygens (including phenoxy) is 1. The van der Waals surface area contributed by atoms with E-state index in [9.17, 15) is 4.79 Å². The summed E-state index contributed by atoms with van der Waals surface area (Å²) >= 11 is 0. The molecule has 0 bridgehead atoms. The summed E-state index contributed by atoms with van der Waals surface area (Å²) < 4.78 is 5.11. The van der Waals surface area contributed by atoms with Crippen LogP contribution >= 0.6 is 0 Å². The predicted molar refractivity (Wildman–Crippen MR) is 76.4 cm³/mol. The second-order valence-corrected chi connectivity index (χ2v) is 4.37. The van der Waals surface area contributed by atoms with E-state index in [1.165, 1.54) is 6.20 Å². The van der Waals surface area contributed by atoms with Crippen molar-refractivity contribution in [1.29, 1.82) is 0 Å². The molecule has 0 fully saturated rings. The van der Waals surface area contributed by atoms with Gasteiger partial charge in [0.25, 0.3) is 5.91 Å². The van der Waals surface area contributed by atoms with E-state index in [4.69, 9.17) is 10.5 Å². The maximum atomic E-state index is 12.3.